The molecule has 2 aromatic rings. The number of rotatable bonds is 5. The van der Waals surface area contributed by atoms with Crippen LogP contribution in [-0.2, 0) is 16.0 Å². The third-order valence-electron chi connectivity index (χ3n) is 4.60. The van der Waals surface area contributed by atoms with E-state index in [1.54, 1.807) is 6.92 Å². The van der Waals surface area contributed by atoms with E-state index in [4.69, 9.17) is 0 Å². The number of amides is 1. The Labute approximate surface area is 145 Å². The van der Waals surface area contributed by atoms with Gasteiger partial charge in [-0.1, -0.05) is 30.3 Å². The van der Waals surface area contributed by atoms with Crippen LogP contribution in [-0.4, -0.2) is 18.2 Å². The molecule has 0 bridgehead atoms. The molecule has 0 spiro atoms. The van der Waals surface area contributed by atoms with Gasteiger partial charge in [0, 0.05) is 30.9 Å². The van der Waals surface area contributed by atoms with Crippen LogP contribution in [0.2, 0.25) is 0 Å². The van der Waals surface area contributed by atoms with Gasteiger partial charge in [0.15, 0.2) is 0 Å². The number of benzene rings is 2. The topological polar surface area (TPSA) is 46.2 Å². The molecule has 1 heterocycles. The Morgan fingerprint density at radius 1 is 1.16 bits per heavy atom. The van der Waals surface area contributed by atoms with Gasteiger partial charge in [0.1, 0.15) is 17.4 Å². The zero-order valence-electron chi connectivity index (χ0n) is 13.9. The van der Waals surface area contributed by atoms with Crippen LogP contribution >= 0.6 is 0 Å². The lowest BCUT2D eigenvalue weighted by Crippen LogP contribution is -2.23. The van der Waals surface area contributed by atoms with E-state index in [0.29, 0.717) is 5.56 Å². The molecular weight excluding hydrogens is 324 g/mol. The van der Waals surface area contributed by atoms with Crippen molar-refractivity contribution in [2.24, 2.45) is 5.92 Å². The maximum atomic E-state index is 14.3. The Balaban J connectivity index is 1.80. The van der Waals surface area contributed by atoms with Crippen LogP contribution in [0, 0.1) is 24.5 Å². The molecule has 0 saturated carbocycles. The van der Waals surface area contributed by atoms with E-state index in [-0.39, 0.29) is 36.6 Å². The van der Waals surface area contributed by atoms with Crippen molar-refractivity contribution >= 4 is 11.7 Å². The molecule has 1 aliphatic rings. The van der Waals surface area contributed by atoms with E-state index in [0.717, 1.165) is 5.56 Å². The summed E-state index contributed by atoms with van der Waals surface area (Å²) in [7, 11) is 0. The van der Waals surface area contributed by atoms with Crippen LogP contribution < -0.4 is 5.32 Å². The highest BCUT2D eigenvalue weighted by atomic mass is 19.1. The van der Waals surface area contributed by atoms with Gasteiger partial charge in [0.2, 0.25) is 5.91 Å². The molecule has 2 atom stereocenters. The van der Waals surface area contributed by atoms with Crippen LogP contribution in [0.3, 0.4) is 0 Å². The van der Waals surface area contributed by atoms with Gasteiger partial charge in [-0.05, 0) is 30.2 Å². The number of aryl methyl sites for hydroxylation is 1. The van der Waals surface area contributed by atoms with E-state index in [1.807, 2.05) is 30.3 Å². The molecule has 130 valence electrons. The van der Waals surface area contributed by atoms with Gasteiger partial charge in [-0.2, -0.15) is 0 Å². The molecule has 3 rings (SSSR count). The summed E-state index contributed by atoms with van der Waals surface area (Å²) in [6.07, 6.45) is 0.175. The van der Waals surface area contributed by atoms with Crippen LogP contribution in [0.15, 0.2) is 42.5 Å². The molecule has 5 heteroatoms. The minimum atomic E-state index is -0.747. The predicted octanol–water partition coefficient (Wildman–Crippen LogP) is 3.30. The lowest BCUT2D eigenvalue weighted by atomic mass is 9.83. The van der Waals surface area contributed by atoms with Crippen molar-refractivity contribution in [1.82, 2.24) is 5.32 Å². The van der Waals surface area contributed by atoms with Crippen LogP contribution in [0.5, 0.6) is 0 Å². The number of halogens is 2. The van der Waals surface area contributed by atoms with Gasteiger partial charge in [0.25, 0.3) is 0 Å². The maximum Gasteiger partial charge on any atom is 0.224 e. The third-order valence-corrected chi connectivity index (χ3v) is 4.60. The minimum absolute atomic E-state index is 0.0296. The Morgan fingerprint density at radius 2 is 1.80 bits per heavy atom. The lowest BCUT2D eigenvalue weighted by Gasteiger charge is -2.18. The maximum absolute atomic E-state index is 14.3. The van der Waals surface area contributed by atoms with E-state index in [1.165, 1.54) is 12.1 Å². The summed E-state index contributed by atoms with van der Waals surface area (Å²) >= 11 is 0. The zero-order valence-corrected chi connectivity index (χ0v) is 13.9. The quantitative estimate of drug-likeness (QED) is 0.905. The molecular formula is C20H19F2NO2. The molecule has 0 aromatic heterocycles. The average Bonchev–Trinajstić information content (AvgIpc) is 2.88. The Bertz CT molecular complexity index is 782. The Kier molecular flexibility index (Phi) is 4.93. The van der Waals surface area contributed by atoms with Crippen molar-refractivity contribution in [1.29, 1.82) is 0 Å². The molecule has 1 fully saturated rings. The standard InChI is InChI=1S/C20H19F2NO2/c1-12-7-17(21)19(18(22)8-12)16-11-23-20(25)15(16)10-14(24)9-13-5-3-2-4-6-13/h2-8,15-16H,9-11H2,1H3,(H,23,25)/t15-,16+/m1/s1. The van der Waals surface area contributed by atoms with Gasteiger partial charge >= 0.3 is 0 Å². The van der Waals surface area contributed by atoms with E-state index >= 15 is 0 Å². The first-order valence-corrected chi connectivity index (χ1v) is 8.24. The van der Waals surface area contributed by atoms with Gasteiger partial charge in [-0.15, -0.1) is 0 Å². The Hall–Kier alpha value is -2.56. The summed E-state index contributed by atoms with van der Waals surface area (Å²) in [5.41, 5.74) is 1.23. The molecule has 0 aliphatic carbocycles. The van der Waals surface area contributed by atoms with Crippen molar-refractivity contribution in [2.75, 3.05) is 6.54 Å². The van der Waals surface area contributed by atoms with E-state index in [2.05, 4.69) is 5.32 Å². The molecule has 0 radical (unpaired) electrons. The number of ketones is 1. The molecule has 25 heavy (non-hydrogen) atoms. The summed E-state index contributed by atoms with van der Waals surface area (Å²) in [5.74, 6) is -3.20. The average molecular weight is 343 g/mol. The molecule has 0 unspecified atom stereocenters. The van der Waals surface area contributed by atoms with Gasteiger partial charge in [-0.25, -0.2) is 8.78 Å². The molecule has 1 amide bonds. The lowest BCUT2D eigenvalue weighted by molar-refractivity contribution is -0.127. The number of hydrogen-bond acceptors (Lipinski definition) is 2. The summed E-state index contributed by atoms with van der Waals surface area (Å²) in [4.78, 5) is 24.5. The number of carbonyl (C=O) groups excluding carboxylic acids is 2. The first kappa shape index (κ1) is 17.3. The molecule has 1 aliphatic heterocycles. The van der Waals surface area contributed by atoms with E-state index < -0.39 is 23.5 Å². The van der Waals surface area contributed by atoms with E-state index in [9.17, 15) is 18.4 Å². The monoisotopic (exact) mass is 343 g/mol. The fourth-order valence-electron chi connectivity index (χ4n) is 3.41. The van der Waals surface area contributed by atoms with Gasteiger partial charge < -0.3 is 5.32 Å². The van der Waals surface area contributed by atoms with Crippen molar-refractivity contribution in [2.45, 2.75) is 25.7 Å². The summed E-state index contributed by atoms with van der Waals surface area (Å²) in [6, 6.07) is 11.7. The van der Waals surface area contributed by atoms with Crippen molar-refractivity contribution in [3.05, 3.63) is 70.8 Å². The molecule has 1 N–H and O–H groups in total. The second-order valence-electron chi connectivity index (χ2n) is 6.51. The molecule has 3 nitrogen and oxygen atoms in total. The zero-order chi connectivity index (χ0) is 18.0. The summed E-state index contributed by atoms with van der Waals surface area (Å²) in [5, 5.41) is 2.63. The molecule has 1 saturated heterocycles. The fraction of sp³-hybridized carbons (Fsp3) is 0.300. The number of nitrogens with one attached hydrogen (secondary N) is 1. The number of carbonyl (C=O) groups is 2. The summed E-state index contributed by atoms with van der Waals surface area (Å²) in [6.45, 7) is 1.74. The molecule has 2 aromatic carbocycles. The third kappa shape index (κ3) is 3.76. The highest BCUT2D eigenvalue weighted by Gasteiger charge is 2.39. The fourth-order valence-corrected chi connectivity index (χ4v) is 3.41. The normalized spacial score (nSPS) is 19.7. The summed E-state index contributed by atoms with van der Waals surface area (Å²) < 4.78 is 28.6. The highest BCUT2D eigenvalue weighted by Crippen LogP contribution is 2.35. The van der Waals surface area contributed by atoms with Crippen molar-refractivity contribution in [3.8, 4) is 0 Å². The highest BCUT2D eigenvalue weighted by molar-refractivity contribution is 5.90. The van der Waals surface area contributed by atoms with Crippen molar-refractivity contribution < 1.29 is 18.4 Å². The number of hydrogen-bond donors (Lipinski definition) is 1. The second kappa shape index (κ2) is 7.13. The second-order valence-corrected chi connectivity index (χ2v) is 6.51. The van der Waals surface area contributed by atoms with Crippen LogP contribution in [0.4, 0.5) is 8.78 Å². The predicted molar refractivity (Wildman–Crippen MR) is 90.1 cm³/mol. The van der Waals surface area contributed by atoms with Crippen LogP contribution in [0.1, 0.15) is 29.0 Å². The van der Waals surface area contributed by atoms with Crippen LogP contribution in [0.25, 0.3) is 0 Å². The van der Waals surface area contributed by atoms with Gasteiger partial charge in [0.05, 0.1) is 5.92 Å². The number of Topliss-reactive ketones (excluding diaryl/α,β-unsaturated/α-hetero) is 1. The minimum Gasteiger partial charge on any atom is -0.355 e. The van der Waals surface area contributed by atoms with Gasteiger partial charge in [-0.3, -0.25) is 9.59 Å². The SMILES string of the molecule is Cc1cc(F)c([C@H]2CNC(=O)[C@@H]2CC(=O)Cc2ccccc2)c(F)c1. The van der Waals surface area contributed by atoms with Crippen molar-refractivity contribution in [3.63, 3.8) is 0 Å². The first-order valence-electron chi connectivity index (χ1n) is 8.24. The smallest absolute Gasteiger partial charge is 0.224 e. The largest absolute Gasteiger partial charge is 0.355 e. The first-order chi connectivity index (χ1) is 12.0. The Morgan fingerprint density at radius 3 is 2.44 bits per heavy atom.